The Morgan fingerprint density at radius 3 is 2.81 bits per heavy atom. The van der Waals surface area contributed by atoms with Gasteiger partial charge in [-0.2, -0.15) is 0 Å². The molecule has 21 heavy (non-hydrogen) atoms. The second-order valence-electron chi connectivity index (χ2n) is 4.12. The predicted molar refractivity (Wildman–Crippen MR) is 78.1 cm³/mol. The van der Waals surface area contributed by atoms with Crippen LogP contribution in [0.2, 0.25) is 0 Å². The molecule has 0 spiro atoms. The molecule has 1 amide bonds. The smallest absolute Gasteiger partial charge is 0.285 e. The second-order valence-corrected chi connectivity index (χ2v) is 5.15. The Labute approximate surface area is 123 Å². The number of nitrogens with one attached hydrogen (secondary N) is 2. The van der Waals surface area contributed by atoms with Crippen molar-refractivity contribution < 1.29 is 14.1 Å². The molecule has 0 fully saturated rings. The lowest BCUT2D eigenvalue weighted by Crippen LogP contribution is -2.23. The molecule has 1 aromatic heterocycles. The Balaban J connectivity index is 2.27. The minimum Gasteiger partial charge on any atom is -0.386 e. The van der Waals surface area contributed by atoms with E-state index in [2.05, 4.69) is 10.6 Å². The highest BCUT2D eigenvalue weighted by Gasteiger charge is 2.23. The van der Waals surface area contributed by atoms with Gasteiger partial charge >= 0.3 is 0 Å². The molecule has 0 bridgehead atoms. The SMILES string of the molecule is CNc1cc(C(=O)NCc2cccs2)c([N+](=O)[O-])cc1F. The summed E-state index contributed by atoms with van der Waals surface area (Å²) in [6, 6.07) is 5.55. The number of amides is 1. The average Bonchev–Trinajstić information content (AvgIpc) is 2.97. The van der Waals surface area contributed by atoms with E-state index in [0.29, 0.717) is 0 Å². The molecule has 2 rings (SSSR count). The molecular weight excluding hydrogens is 297 g/mol. The van der Waals surface area contributed by atoms with Crippen LogP contribution in [0, 0.1) is 15.9 Å². The Kier molecular flexibility index (Phi) is 4.49. The fourth-order valence-electron chi connectivity index (χ4n) is 1.76. The molecule has 110 valence electrons. The summed E-state index contributed by atoms with van der Waals surface area (Å²) in [4.78, 5) is 23.2. The van der Waals surface area contributed by atoms with E-state index in [-0.39, 0.29) is 17.8 Å². The molecule has 0 aliphatic rings. The number of nitrogens with zero attached hydrogens (tertiary/aromatic N) is 1. The van der Waals surface area contributed by atoms with E-state index in [0.717, 1.165) is 17.0 Å². The maximum Gasteiger partial charge on any atom is 0.285 e. The number of carbonyl (C=O) groups is 1. The number of halogens is 1. The molecule has 1 aromatic carbocycles. The number of benzene rings is 1. The summed E-state index contributed by atoms with van der Waals surface area (Å²) in [6.07, 6.45) is 0. The van der Waals surface area contributed by atoms with Gasteiger partial charge in [0.05, 0.1) is 23.2 Å². The van der Waals surface area contributed by atoms with Crippen molar-refractivity contribution in [3.63, 3.8) is 0 Å². The lowest BCUT2D eigenvalue weighted by molar-refractivity contribution is -0.385. The van der Waals surface area contributed by atoms with Crippen molar-refractivity contribution in [2.45, 2.75) is 6.54 Å². The van der Waals surface area contributed by atoms with E-state index in [1.807, 2.05) is 17.5 Å². The van der Waals surface area contributed by atoms with Crippen LogP contribution >= 0.6 is 11.3 Å². The van der Waals surface area contributed by atoms with Crippen LogP contribution in [0.5, 0.6) is 0 Å². The van der Waals surface area contributed by atoms with Crippen LogP contribution in [-0.2, 0) is 6.54 Å². The van der Waals surface area contributed by atoms with E-state index in [1.165, 1.54) is 18.4 Å². The van der Waals surface area contributed by atoms with Crippen LogP contribution < -0.4 is 10.6 Å². The molecule has 0 unspecified atom stereocenters. The monoisotopic (exact) mass is 309 g/mol. The highest BCUT2D eigenvalue weighted by molar-refractivity contribution is 7.09. The number of anilines is 1. The van der Waals surface area contributed by atoms with Crippen LogP contribution in [0.4, 0.5) is 15.8 Å². The van der Waals surface area contributed by atoms with Crippen LogP contribution in [0.15, 0.2) is 29.6 Å². The van der Waals surface area contributed by atoms with E-state index in [1.54, 1.807) is 0 Å². The zero-order valence-electron chi connectivity index (χ0n) is 11.1. The molecule has 0 aliphatic carbocycles. The fourth-order valence-corrected chi connectivity index (χ4v) is 2.41. The number of carbonyl (C=O) groups excluding carboxylic acids is 1. The third kappa shape index (κ3) is 3.34. The highest BCUT2D eigenvalue weighted by atomic mass is 32.1. The zero-order valence-corrected chi connectivity index (χ0v) is 11.9. The van der Waals surface area contributed by atoms with Gasteiger partial charge < -0.3 is 10.6 Å². The van der Waals surface area contributed by atoms with Crippen molar-refractivity contribution in [2.24, 2.45) is 0 Å². The van der Waals surface area contributed by atoms with Crippen molar-refractivity contribution in [3.8, 4) is 0 Å². The summed E-state index contributed by atoms with van der Waals surface area (Å²) >= 11 is 1.46. The molecule has 0 saturated carbocycles. The summed E-state index contributed by atoms with van der Waals surface area (Å²) in [7, 11) is 1.47. The Morgan fingerprint density at radius 2 is 2.24 bits per heavy atom. The molecule has 0 aliphatic heterocycles. The number of hydrogen-bond acceptors (Lipinski definition) is 5. The molecule has 6 nitrogen and oxygen atoms in total. The van der Waals surface area contributed by atoms with E-state index in [4.69, 9.17) is 0 Å². The number of rotatable bonds is 5. The van der Waals surface area contributed by atoms with Crippen molar-refractivity contribution in [1.82, 2.24) is 5.32 Å². The molecule has 2 N–H and O–H groups in total. The maximum absolute atomic E-state index is 13.6. The van der Waals surface area contributed by atoms with Crippen LogP contribution in [0.25, 0.3) is 0 Å². The van der Waals surface area contributed by atoms with Gasteiger partial charge in [0.15, 0.2) is 5.82 Å². The first-order valence-electron chi connectivity index (χ1n) is 5.99. The largest absolute Gasteiger partial charge is 0.386 e. The summed E-state index contributed by atoms with van der Waals surface area (Å²) in [6.45, 7) is 0.264. The minimum absolute atomic E-state index is 0.0295. The first-order chi connectivity index (χ1) is 10.0. The topological polar surface area (TPSA) is 84.3 Å². The summed E-state index contributed by atoms with van der Waals surface area (Å²) in [5, 5.41) is 17.9. The van der Waals surface area contributed by atoms with Gasteiger partial charge in [-0.25, -0.2) is 4.39 Å². The van der Waals surface area contributed by atoms with Gasteiger partial charge in [-0.1, -0.05) is 6.07 Å². The maximum atomic E-state index is 13.6. The number of hydrogen-bond donors (Lipinski definition) is 2. The standard InChI is InChI=1S/C13H12FN3O3S/c1-15-11-5-9(12(17(19)20)6-10(11)14)13(18)16-7-8-3-2-4-21-8/h2-6,15H,7H2,1H3,(H,16,18). The Bertz CT molecular complexity index is 674. The molecule has 0 radical (unpaired) electrons. The number of thiophene rings is 1. The molecule has 1 heterocycles. The van der Waals surface area contributed by atoms with Gasteiger partial charge in [0.25, 0.3) is 11.6 Å². The molecule has 2 aromatic rings. The summed E-state index contributed by atoms with van der Waals surface area (Å²) < 4.78 is 13.6. The molecule has 0 saturated heterocycles. The van der Waals surface area contributed by atoms with Crippen LogP contribution in [0.1, 0.15) is 15.2 Å². The molecular formula is C13H12FN3O3S. The van der Waals surface area contributed by atoms with E-state index in [9.17, 15) is 19.3 Å². The second kappa shape index (κ2) is 6.31. The quantitative estimate of drug-likeness (QED) is 0.657. The lowest BCUT2D eigenvalue weighted by atomic mass is 10.1. The van der Waals surface area contributed by atoms with Crippen molar-refractivity contribution >= 4 is 28.6 Å². The van der Waals surface area contributed by atoms with Gasteiger partial charge in [0.2, 0.25) is 0 Å². The van der Waals surface area contributed by atoms with E-state index < -0.39 is 22.3 Å². The highest BCUT2D eigenvalue weighted by Crippen LogP contribution is 2.26. The van der Waals surface area contributed by atoms with Gasteiger partial charge in [-0.3, -0.25) is 14.9 Å². The zero-order chi connectivity index (χ0) is 15.4. The number of nitro benzene ring substituents is 1. The van der Waals surface area contributed by atoms with Gasteiger partial charge in [0, 0.05) is 11.9 Å². The van der Waals surface area contributed by atoms with Crippen molar-refractivity contribution in [2.75, 3.05) is 12.4 Å². The molecule has 0 atom stereocenters. The molecule has 8 heteroatoms. The lowest BCUT2D eigenvalue weighted by Gasteiger charge is -2.08. The first-order valence-corrected chi connectivity index (χ1v) is 6.87. The third-order valence-corrected chi connectivity index (χ3v) is 3.68. The first kappa shape index (κ1) is 14.9. The number of nitro groups is 1. The van der Waals surface area contributed by atoms with Crippen LogP contribution in [-0.4, -0.2) is 17.9 Å². The van der Waals surface area contributed by atoms with Gasteiger partial charge in [-0.05, 0) is 17.5 Å². The average molecular weight is 309 g/mol. The predicted octanol–water partition coefficient (Wildman–Crippen LogP) is 2.77. The Morgan fingerprint density at radius 1 is 1.48 bits per heavy atom. The normalized spacial score (nSPS) is 10.2. The van der Waals surface area contributed by atoms with Crippen LogP contribution in [0.3, 0.4) is 0 Å². The summed E-state index contributed by atoms with van der Waals surface area (Å²) in [5.74, 6) is -1.40. The van der Waals surface area contributed by atoms with E-state index >= 15 is 0 Å². The summed E-state index contributed by atoms with van der Waals surface area (Å²) in [5.41, 5.74) is -0.709. The van der Waals surface area contributed by atoms with Crippen molar-refractivity contribution in [3.05, 3.63) is 56.0 Å². The van der Waals surface area contributed by atoms with Crippen molar-refractivity contribution in [1.29, 1.82) is 0 Å². The van der Waals surface area contributed by atoms with Gasteiger partial charge in [-0.15, -0.1) is 11.3 Å². The third-order valence-electron chi connectivity index (χ3n) is 2.80. The minimum atomic E-state index is -0.779. The van der Waals surface area contributed by atoms with Gasteiger partial charge in [0.1, 0.15) is 5.56 Å². The fraction of sp³-hybridized carbons (Fsp3) is 0.154. The Hall–Kier alpha value is -2.48.